The molecular weight excluding hydrogens is 427 g/mol. The van der Waals surface area contributed by atoms with E-state index in [1.54, 1.807) is 4.57 Å². The number of nitro benzene ring substituents is 1. The number of carbonyl (C=O) groups is 1. The Labute approximate surface area is 181 Å². The van der Waals surface area contributed by atoms with Crippen LogP contribution in [0, 0.1) is 15.9 Å². The quantitative estimate of drug-likeness (QED) is 0.300. The molecule has 0 unspecified atom stereocenters. The molecule has 31 heavy (non-hydrogen) atoms. The second-order valence-electron chi connectivity index (χ2n) is 7.48. The number of halogens is 1. The molecule has 1 aromatic heterocycles. The Hall–Kier alpha value is -2.79. The summed E-state index contributed by atoms with van der Waals surface area (Å²) in [5.41, 5.74) is 1.04. The molecule has 1 aromatic carbocycles. The van der Waals surface area contributed by atoms with Crippen molar-refractivity contribution in [3.05, 3.63) is 55.9 Å². The Morgan fingerprint density at radius 3 is 2.97 bits per heavy atom. The summed E-state index contributed by atoms with van der Waals surface area (Å²) in [5, 5.41) is 13.9. The van der Waals surface area contributed by atoms with Gasteiger partial charge in [-0.25, -0.2) is 4.79 Å². The number of hydrogen-bond donors (Lipinski definition) is 1. The van der Waals surface area contributed by atoms with Crippen LogP contribution in [0.2, 0.25) is 0 Å². The SMILES string of the molecule is O=C(CSc1nc(=O)n(C[C@H]2CCCO2)c2c1CCC2)Nc1ccc(F)c([N+](=O)[O-])c1. The standard InChI is InChI=1S/C20H21FN4O5S/c21-15-7-6-12(9-17(15)25(28)29)22-18(26)11-31-19-14-4-1-5-16(14)24(20(27)23-19)10-13-3-2-8-30-13/h6-7,9,13H,1-5,8,10-11H2,(H,22,26)/t13-/m1/s1. The van der Waals surface area contributed by atoms with E-state index in [2.05, 4.69) is 10.3 Å². The first-order valence-corrected chi connectivity index (χ1v) is 11.0. The van der Waals surface area contributed by atoms with E-state index < -0.39 is 22.3 Å². The molecule has 1 amide bonds. The number of nitrogens with one attached hydrogen (secondary N) is 1. The lowest BCUT2D eigenvalue weighted by Crippen LogP contribution is -2.31. The molecule has 1 N–H and O–H groups in total. The van der Waals surface area contributed by atoms with Crippen LogP contribution in [0.5, 0.6) is 0 Å². The molecule has 4 rings (SSSR count). The van der Waals surface area contributed by atoms with Crippen molar-refractivity contribution in [3.8, 4) is 0 Å². The highest BCUT2D eigenvalue weighted by Gasteiger charge is 2.25. The van der Waals surface area contributed by atoms with Crippen molar-refractivity contribution in [2.24, 2.45) is 0 Å². The van der Waals surface area contributed by atoms with Gasteiger partial charge in [0.25, 0.3) is 0 Å². The van der Waals surface area contributed by atoms with Crippen molar-refractivity contribution in [1.29, 1.82) is 0 Å². The Balaban J connectivity index is 1.45. The zero-order valence-corrected chi connectivity index (χ0v) is 17.5. The molecule has 1 aliphatic heterocycles. The number of carbonyl (C=O) groups excluding carboxylic acids is 1. The van der Waals surface area contributed by atoms with E-state index in [0.29, 0.717) is 11.6 Å². The van der Waals surface area contributed by atoms with Gasteiger partial charge in [-0.1, -0.05) is 11.8 Å². The lowest BCUT2D eigenvalue weighted by Gasteiger charge is -2.17. The van der Waals surface area contributed by atoms with Gasteiger partial charge in [-0.15, -0.1) is 0 Å². The van der Waals surface area contributed by atoms with E-state index >= 15 is 0 Å². The van der Waals surface area contributed by atoms with Crippen LogP contribution in [0.1, 0.15) is 30.5 Å². The lowest BCUT2D eigenvalue weighted by molar-refractivity contribution is -0.387. The predicted molar refractivity (Wildman–Crippen MR) is 112 cm³/mol. The molecule has 164 valence electrons. The van der Waals surface area contributed by atoms with Gasteiger partial charge in [0.1, 0.15) is 5.03 Å². The number of aromatic nitrogens is 2. The van der Waals surface area contributed by atoms with Gasteiger partial charge in [0.15, 0.2) is 0 Å². The summed E-state index contributed by atoms with van der Waals surface area (Å²) in [6.45, 7) is 1.22. The molecule has 0 spiro atoms. The topological polar surface area (TPSA) is 116 Å². The van der Waals surface area contributed by atoms with E-state index in [1.807, 2.05) is 0 Å². The third kappa shape index (κ3) is 4.77. The van der Waals surface area contributed by atoms with Gasteiger partial charge in [0.2, 0.25) is 11.7 Å². The summed E-state index contributed by atoms with van der Waals surface area (Å²) in [5.74, 6) is -1.43. The molecule has 1 aliphatic carbocycles. The highest BCUT2D eigenvalue weighted by molar-refractivity contribution is 8.00. The summed E-state index contributed by atoms with van der Waals surface area (Å²) < 4.78 is 20.8. The second kappa shape index (κ2) is 9.15. The number of amides is 1. The van der Waals surface area contributed by atoms with Crippen LogP contribution in [0.4, 0.5) is 15.8 Å². The monoisotopic (exact) mass is 448 g/mol. The summed E-state index contributed by atoms with van der Waals surface area (Å²) in [7, 11) is 0. The zero-order chi connectivity index (χ0) is 22.0. The predicted octanol–water partition coefficient (Wildman–Crippen LogP) is 2.69. The molecular formula is C20H21FN4O5S. The molecule has 1 atom stereocenters. The van der Waals surface area contributed by atoms with Crippen LogP contribution in [0.25, 0.3) is 0 Å². The summed E-state index contributed by atoms with van der Waals surface area (Å²) >= 11 is 1.16. The average molecular weight is 448 g/mol. The second-order valence-corrected chi connectivity index (χ2v) is 8.45. The van der Waals surface area contributed by atoms with Crippen molar-refractivity contribution in [3.63, 3.8) is 0 Å². The van der Waals surface area contributed by atoms with Crippen LogP contribution in [0.15, 0.2) is 28.0 Å². The molecule has 0 saturated carbocycles. The molecule has 2 heterocycles. The number of hydrogen-bond acceptors (Lipinski definition) is 7. The van der Waals surface area contributed by atoms with Crippen LogP contribution < -0.4 is 11.0 Å². The molecule has 1 fully saturated rings. The van der Waals surface area contributed by atoms with Gasteiger partial charge < -0.3 is 10.1 Å². The molecule has 0 radical (unpaired) electrons. The van der Waals surface area contributed by atoms with Gasteiger partial charge in [-0.3, -0.25) is 19.5 Å². The van der Waals surface area contributed by atoms with Crippen LogP contribution in [-0.4, -0.2) is 38.8 Å². The number of nitro groups is 1. The van der Waals surface area contributed by atoms with Gasteiger partial charge in [0, 0.05) is 29.6 Å². The summed E-state index contributed by atoms with van der Waals surface area (Å²) in [6, 6.07) is 3.16. The first kappa shape index (κ1) is 21.4. The van der Waals surface area contributed by atoms with Crippen LogP contribution >= 0.6 is 11.8 Å². The third-order valence-electron chi connectivity index (χ3n) is 5.38. The Morgan fingerprint density at radius 1 is 1.39 bits per heavy atom. The molecule has 9 nitrogen and oxygen atoms in total. The van der Waals surface area contributed by atoms with E-state index in [4.69, 9.17) is 4.74 Å². The first-order chi connectivity index (χ1) is 14.9. The summed E-state index contributed by atoms with van der Waals surface area (Å²) in [4.78, 5) is 39.2. The van der Waals surface area contributed by atoms with Crippen molar-refractivity contribution in [1.82, 2.24) is 9.55 Å². The molecule has 0 bridgehead atoms. The van der Waals surface area contributed by atoms with E-state index in [-0.39, 0.29) is 23.2 Å². The zero-order valence-electron chi connectivity index (χ0n) is 16.6. The Bertz CT molecular complexity index is 1080. The van der Waals surface area contributed by atoms with Crippen molar-refractivity contribution < 1.29 is 18.8 Å². The number of anilines is 1. The summed E-state index contributed by atoms with van der Waals surface area (Å²) in [6.07, 6.45) is 4.47. The number of benzene rings is 1. The third-order valence-corrected chi connectivity index (χ3v) is 6.40. The molecule has 11 heteroatoms. The number of rotatable bonds is 7. The minimum atomic E-state index is -0.972. The van der Waals surface area contributed by atoms with Crippen LogP contribution in [-0.2, 0) is 28.9 Å². The minimum absolute atomic E-state index is 0.0280. The van der Waals surface area contributed by atoms with Crippen LogP contribution in [0.3, 0.4) is 0 Å². The first-order valence-electron chi connectivity index (χ1n) is 10.0. The van der Waals surface area contributed by atoms with E-state index in [0.717, 1.165) is 73.9 Å². The van der Waals surface area contributed by atoms with Crippen molar-refractivity contribution in [2.45, 2.75) is 49.8 Å². The molecule has 1 saturated heterocycles. The number of nitrogens with zero attached hydrogens (tertiary/aromatic N) is 3. The fourth-order valence-corrected chi connectivity index (χ4v) is 4.82. The minimum Gasteiger partial charge on any atom is -0.376 e. The maximum absolute atomic E-state index is 13.4. The van der Waals surface area contributed by atoms with E-state index in [1.165, 1.54) is 6.07 Å². The average Bonchev–Trinajstić information content (AvgIpc) is 3.42. The van der Waals surface area contributed by atoms with Crippen molar-refractivity contribution in [2.75, 3.05) is 17.7 Å². The number of fused-ring (bicyclic) bond motifs is 1. The fourth-order valence-electron chi connectivity index (χ4n) is 3.95. The van der Waals surface area contributed by atoms with Gasteiger partial charge >= 0.3 is 11.4 Å². The van der Waals surface area contributed by atoms with Crippen molar-refractivity contribution >= 4 is 29.0 Å². The van der Waals surface area contributed by atoms with Gasteiger partial charge in [0.05, 0.1) is 23.3 Å². The molecule has 2 aliphatic rings. The van der Waals surface area contributed by atoms with E-state index in [9.17, 15) is 24.1 Å². The Kier molecular flexibility index (Phi) is 6.33. The maximum Gasteiger partial charge on any atom is 0.348 e. The van der Waals surface area contributed by atoms with Gasteiger partial charge in [-0.05, 0) is 44.2 Å². The fraction of sp³-hybridized carbons (Fsp3) is 0.450. The highest BCUT2D eigenvalue weighted by Crippen LogP contribution is 2.30. The lowest BCUT2D eigenvalue weighted by atomic mass is 10.2. The normalized spacial score (nSPS) is 17.5. The molecule has 2 aromatic rings. The Morgan fingerprint density at radius 2 is 2.23 bits per heavy atom. The maximum atomic E-state index is 13.4. The smallest absolute Gasteiger partial charge is 0.348 e. The van der Waals surface area contributed by atoms with Gasteiger partial charge in [-0.2, -0.15) is 9.37 Å². The largest absolute Gasteiger partial charge is 0.376 e. The number of ether oxygens (including phenoxy) is 1. The number of thioether (sulfide) groups is 1. The highest BCUT2D eigenvalue weighted by atomic mass is 32.2.